The summed E-state index contributed by atoms with van der Waals surface area (Å²) in [6.45, 7) is 0.772. The van der Waals surface area contributed by atoms with E-state index < -0.39 is 0 Å². The first-order valence-electron chi connectivity index (χ1n) is 9.15. The lowest BCUT2D eigenvalue weighted by molar-refractivity contribution is -0.139. The Kier molecular flexibility index (Phi) is 5.16. The molecule has 1 aliphatic rings. The average Bonchev–Trinajstić information content (AvgIpc) is 3.26. The number of fused-ring (bicyclic) bond motifs is 1. The summed E-state index contributed by atoms with van der Waals surface area (Å²) in [6.07, 6.45) is 1.25. The molecule has 7 heteroatoms. The number of thiazole rings is 1. The van der Waals surface area contributed by atoms with Gasteiger partial charge in [-0.1, -0.05) is 24.3 Å². The highest BCUT2D eigenvalue weighted by Crippen LogP contribution is 2.21. The van der Waals surface area contributed by atoms with Crippen molar-refractivity contribution in [1.29, 1.82) is 0 Å². The number of aromatic nitrogens is 1. The van der Waals surface area contributed by atoms with Crippen LogP contribution >= 0.6 is 11.3 Å². The van der Waals surface area contributed by atoms with Crippen molar-refractivity contribution >= 4 is 39.3 Å². The van der Waals surface area contributed by atoms with Crippen LogP contribution in [0.15, 0.2) is 48.5 Å². The first-order chi connectivity index (χ1) is 13.6. The second-order valence-corrected chi connectivity index (χ2v) is 7.77. The number of likely N-dealkylation sites (tertiary alicyclic amines) is 1. The summed E-state index contributed by atoms with van der Waals surface area (Å²) in [6, 6.07) is 15.0. The summed E-state index contributed by atoms with van der Waals surface area (Å²) < 4.78 is 1.15. The van der Waals surface area contributed by atoms with Gasteiger partial charge in [-0.25, -0.2) is 4.98 Å². The van der Waals surface area contributed by atoms with Crippen LogP contribution in [0.4, 0.5) is 0 Å². The molecule has 0 atom stereocenters. The van der Waals surface area contributed by atoms with Crippen molar-refractivity contribution in [3.8, 4) is 0 Å². The Morgan fingerprint density at radius 1 is 1.04 bits per heavy atom. The Morgan fingerprint density at radius 3 is 2.46 bits per heavy atom. The molecule has 0 spiro atoms. The Bertz CT molecular complexity index is 993. The van der Waals surface area contributed by atoms with E-state index in [0.29, 0.717) is 18.5 Å². The maximum Gasteiger partial charge on any atom is 0.251 e. The van der Waals surface area contributed by atoms with Crippen LogP contribution in [0, 0.1) is 0 Å². The second-order valence-electron chi connectivity index (χ2n) is 6.65. The van der Waals surface area contributed by atoms with E-state index in [1.54, 1.807) is 35.6 Å². The van der Waals surface area contributed by atoms with Gasteiger partial charge in [-0.3, -0.25) is 19.3 Å². The van der Waals surface area contributed by atoms with E-state index in [4.69, 9.17) is 0 Å². The van der Waals surface area contributed by atoms with E-state index in [0.717, 1.165) is 20.8 Å². The van der Waals surface area contributed by atoms with E-state index in [1.807, 2.05) is 24.3 Å². The molecule has 2 heterocycles. The van der Waals surface area contributed by atoms with Gasteiger partial charge in [0.25, 0.3) is 5.91 Å². The number of nitrogens with one attached hydrogen (secondary N) is 1. The number of rotatable bonds is 6. The van der Waals surface area contributed by atoms with Gasteiger partial charge < -0.3 is 5.32 Å². The third-order valence-electron chi connectivity index (χ3n) is 4.67. The van der Waals surface area contributed by atoms with Gasteiger partial charge in [0.05, 0.1) is 21.8 Å². The number of para-hydroxylation sites is 1. The van der Waals surface area contributed by atoms with E-state index >= 15 is 0 Å². The average molecular weight is 393 g/mol. The van der Waals surface area contributed by atoms with E-state index in [-0.39, 0.29) is 37.1 Å². The molecular weight excluding hydrogens is 374 g/mol. The minimum Gasteiger partial charge on any atom is -0.352 e. The molecule has 3 amide bonds. The molecule has 0 saturated carbocycles. The SMILES string of the molecule is O=C(NCCc1nc2ccccc2s1)c1ccc(CN2C(=O)CCC2=O)cc1. The minimum absolute atomic E-state index is 0.137. The number of imide groups is 1. The van der Waals surface area contributed by atoms with Crippen LogP contribution in [-0.4, -0.2) is 34.2 Å². The highest BCUT2D eigenvalue weighted by molar-refractivity contribution is 7.18. The van der Waals surface area contributed by atoms with Crippen molar-refractivity contribution < 1.29 is 14.4 Å². The molecule has 0 bridgehead atoms. The maximum atomic E-state index is 12.3. The summed E-state index contributed by atoms with van der Waals surface area (Å²) in [5.74, 6) is -0.427. The topological polar surface area (TPSA) is 79.4 Å². The van der Waals surface area contributed by atoms with Gasteiger partial charge in [-0.2, -0.15) is 0 Å². The fraction of sp³-hybridized carbons (Fsp3) is 0.238. The van der Waals surface area contributed by atoms with Gasteiger partial charge in [0.2, 0.25) is 11.8 Å². The lowest BCUT2D eigenvalue weighted by Crippen LogP contribution is -2.28. The zero-order valence-corrected chi connectivity index (χ0v) is 16.0. The molecule has 0 radical (unpaired) electrons. The quantitative estimate of drug-likeness (QED) is 0.653. The minimum atomic E-state index is -0.152. The summed E-state index contributed by atoms with van der Waals surface area (Å²) in [7, 11) is 0. The Labute approximate surface area is 166 Å². The van der Waals surface area contributed by atoms with Gasteiger partial charge >= 0.3 is 0 Å². The van der Waals surface area contributed by atoms with Crippen molar-refractivity contribution in [3.63, 3.8) is 0 Å². The number of nitrogens with zero attached hydrogens (tertiary/aromatic N) is 2. The zero-order chi connectivity index (χ0) is 19.5. The third-order valence-corrected chi connectivity index (χ3v) is 5.77. The van der Waals surface area contributed by atoms with Crippen molar-refractivity contribution in [2.45, 2.75) is 25.8 Å². The van der Waals surface area contributed by atoms with Crippen LogP contribution in [0.2, 0.25) is 0 Å². The largest absolute Gasteiger partial charge is 0.352 e. The first-order valence-corrected chi connectivity index (χ1v) is 9.96. The number of carbonyl (C=O) groups excluding carboxylic acids is 3. The lowest BCUT2D eigenvalue weighted by Gasteiger charge is -2.13. The Hall–Kier alpha value is -3.06. The van der Waals surface area contributed by atoms with Crippen LogP contribution in [0.25, 0.3) is 10.2 Å². The highest BCUT2D eigenvalue weighted by Gasteiger charge is 2.28. The normalized spacial score (nSPS) is 14.1. The Balaban J connectivity index is 1.30. The van der Waals surface area contributed by atoms with Gasteiger partial charge in [-0.15, -0.1) is 11.3 Å². The van der Waals surface area contributed by atoms with Crippen LogP contribution in [-0.2, 0) is 22.6 Å². The molecule has 0 unspecified atom stereocenters. The molecule has 2 aromatic carbocycles. The van der Waals surface area contributed by atoms with Crippen LogP contribution in [0.5, 0.6) is 0 Å². The summed E-state index contributed by atoms with van der Waals surface area (Å²) in [4.78, 5) is 41.5. The van der Waals surface area contributed by atoms with Gasteiger partial charge in [0, 0.05) is 31.4 Å². The molecule has 1 fully saturated rings. The van der Waals surface area contributed by atoms with Gasteiger partial charge in [0.15, 0.2) is 0 Å². The number of carbonyl (C=O) groups is 3. The number of hydrogen-bond donors (Lipinski definition) is 1. The van der Waals surface area contributed by atoms with E-state index in [2.05, 4.69) is 10.3 Å². The maximum absolute atomic E-state index is 12.3. The molecule has 1 aliphatic heterocycles. The number of hydrogen-bond acceptors (Lipinski definition) is 5. The number of amides is 3. The molecule has 28 heavy (non-hydrogen) atoms. The fourth-order valence-electron chi connectivity index (χ4n) is 3.16. The molecule has 0 aliphatic carbocycles. The van der Waals surface area contributed by atoms with Crippen molar-refractivity contribution in [2.75, 3.05) is 6.54 Å². The Morgan fingerprint density at radius 2 is 1.75 bits per heavy atom. The van der Waals surface area contributed by atoms with E-state index in [9.17, 15) is 14.4 Å². The molecular formula is C21H19N3O3S. The van der Waals surface area contributed by atoms with Crippen molar-refractivity contribution in [2.24, 2.45) is 0 Å². The smallest absolute Gasteiger partial charge is 0.251 e. The zero-order valence-electron chi connectivity index (χ0n) is 15.2. The predicted molar refractivity (Wildman–Crippen MR) is 107 cm³/mol. The number of benzene rings is 2. The monoisotopic (exact) mass is 393 g/mol. The van der Waals surface area contributed by atoms with Gasteiger partial charge in [-0.05, 0) is 29.8 Å². The molecule has 4 rings (SSSR count). The third kappa shape index (κ3) is 3.94. The predicted octanol–water partition coefficient (Wildman–Crippen LogP) is 2.92. The summed E-state index contributed by atoms with van der Waals surface area (Å²) >= 11 is 1.64. The molecule has 1 saturated heterocycles. The van der Waals surface area contributed by atoms with Crippen LogP contribution in [0.3, 0.4) is 0 Å². The lowest BCUT2D eigenvalue weighted by atomic mass is 10.1. The van der Waals surface area contributed by atoms with Crippen LogP contribution < -0.4 is 5.32 Å². The molecule has 3 aromatic rings. The molecule has 142 valence electrons. The van der Waals surface area contributed by atoms with Crippen LogP contribution in [0.1, 0.15) is 33.8 Å². The van der Waals surface area contributed by atoms with Crippen molar-refractivity contribution in [1.82, 2.24) is 15.2 Å². The first kappa shape index (κ1) is 18.3. The fourth-order valence-corrected chi connectivity index (χ4v) is 4.12. The molecule has 1 aromatic heterocycles. The standard InChI is InChI=1S/C21H19N3O3S/c25-19-9-10-20(26)24(19)13-14-5-7-15(8-6-14)21(27)22-12-11-18-23-16-3-1-2-4-17(16)28-18/h1-8H,9-13H2,(H,22,27). The molecule has 6 nitrogen and oxygen atoms in total. The summed E-state index contributed by atoms with van der Waals surface area (Å²) in [5.41, 5.74) is 2.36. The summed E-state index contributed by atoms with van der Waals surface area (Å²) in [5, 5.41) is 3.90. The molecule has 1 N–H and O–H groups in total. The van der Waals surface area contributed by atoms with E-state index in [1.165, 1.54) is 4.90 Å². The highest BCUT2D eigenvalue weighted by atomic mass is 32.1. The van der Waals surface area contributed by atoms with Crippen molar-refractivity contribution in [3.05, 3.63) is 64.7 Å². The van der Waals surface area contributed by atoms with Gasteiger partial charge in [0.1, 0.15) is 0 Å². The second kappa shape index (κ2) is 7.90.